The van der Waals surface area contributed by atoms with Gasteiger partial charge in [-0.3, -0.25) is 19.0 Å². The fourth-order valence-electron chi connectivity index (χ4n) is 2.72. The third-order valence-electron chi connectivity index (χ3n) is 4.18. The first-order valence-corrected chi connectivity index (χ1v) is 8.70. The van der Waals surface area contributed by atoms with Gasteiger partial charge in [0, 0.05) is 37.0 Å². The molecule has 4 aromatic rings. The Morgan fingerprint density at radius 2 is 2.10 bits per heavy atom. The molecule has 0 spiro atoms. The number of H-pyrrole nitrogens is 1. The van der Waals surface area contributed by atoms with E-state index in [0.717, 1.165) is 0 Å². The highest BCUT2D eigenvalue weighted by Gasteiger charge is 2.12. The maximum Gasteiger partial charge on any atom is 0.328 e. The quantitative estimate of drug-likeness (QED) is 0.448. The van der Waals surface area contributed by atoms with Gasteiger partial charge in [-0.05, 0) is 19.1 Å². The van der Waals surface area contributed by atoms with E-state index in [1.165, 1.54) is 16.8 Å². The monoisotopic (exact) mass is 396 g/mol. The summed E-state index contributed by atoms with van der Waals surface area (Å²) in [5.41, 5.74) is 0.252. The van der Waals surface area contributed by atoms with E-state index in [4.69, 9.17) is 4.52 Å². The zero-order valence-electron chi connectivity index (χ0n) is 15.3. The minimum Gasteiger partial charge on any atom is -0.349 e. The molecule has 0 radical (unpaired) electrons. The summed E-state index contributed by atoms with van der Waals surface area (Å²) in [6.07, 6.45) is 3.18. The van der Waals surface area contributed by atoms with E-state index >= 15 is 0 Å². The number of pyridine rings is 1. The highest BCUT2D eigenvalue weighted by molar-refractivity contribution is 5.75. The number of rotatable bonds is 6. The number of hydrogen-bond acceptors (Lipinski definition) is 8. The number of amides is 1. The van der Waals surface area contributed by atoms with Crippen molar-refractivity contribution in [3.8, 4) is 11.5 Å². The van der Waals surface area contributed by atoms with Crippen LogP contribution in [0.5, 0.6) is 0 Å². The summed E-state index contributed by atoms with van der Waals surface area (Å²) in [4.78, 5) is 41.1. The highest BCUT2D eigenvalue weighted by atomic mass is 16.5. The molecule has 0 aliphatic rings. The maximum atomic E-state index is 12.1. The van der Waals surface area contributed by atoms with Crippen LogP contribution >= 0.6 is 0 Å². The summed E-state index contributed by atoms with van der Waals surface area (Å²) >= 11 is 0. The van der Waals surface area contributed by atoms with E-state index in [9.17, 15) is 14.4 Å². The van der Waals surface area contributed by atoms with Crippen molar-refractivity contribution in [1.29, 1.82) is 0 Å². The minimum atomic E-state index is -0.555. The molecule has 0 aliphatic carbocycles. The van der Waals surface area contributed by atoms with Crippen LogP contribution in [0.25, 0.3) is 17.1 Å². The first-order valence-electron chi connectivity index (χ1n) is 8.70. The summed E-state index contributed by atoms with van der Waals surface area (Å²) in [5, 5.41) is 14.7. The molecule has 1 amide bonds. The second-order valence-corrected chi connectivity index (χ2v) is 6.24. The maximum absolute atomic E-state index is 12.1. The van der Waals surface area contributed by atoms with Crippen molar-refractivity contribution in [3.63, 3.8) is 0 Å². The van der Waals surface area contributed by atoms with Crippen LogP contribution < -0.4 is 16.6 Å². The molecule has 12 nitrogen and oxygen atoms in total. The predicted molar refractivity (Wildman–Crippen MR) is 98.8 cm³/mol. The van der Waals surface area contributed by atoms with Gasteiger partial charge in [0.05, 0.1) is 6.54 Å². The summed E-state index contributed by atoms with van der Waals surface area (Å²) in [7, 11) is 0. The normalized spacial score (nSPS) is 11.1. The molecule has 4 rings (SSSR count). The van der Waals surface area contributed by atoms with Crippen LogP contribution in [0.2, 0.25) is 0 Å². The Morgan fingerprint density at radius 3 is 2.86 bits per heavy atom. The number of fused-ring (bicyclic) bond motifs is 1. The molecule has 0 unspecified atom stereocenters. The van der Waals surface area contributed by atoms with E-state index in [1.807, 2.05) is 0 Å². The average Bonchev–Trinajstić information content (AvgIpc) is 3.31. The second-order valence-electron chi connectivity index (χ2n) is 6.24. The number of hydrogen-bond donors (Lipinski definition) is 2. The molecule has 29 heavy (non-hydrogen) atoms. The highest BCUT2D eigenvalue weighted by Crippen LogP contribution is 2.18. The Morgan fingerprint density at radius 1 is 1.24 bits per heavy atom. The standard InChI is InChI=1S/C17H16N8O4/c1-10-19-16(29-23-10)11-2-7-25-12(8-11)21-22-13(25)9-18-14(26)3-5-24-6-4-15(27)20-17(24)28/h2,4,6-8H,3,5,9H2,1H3,(H,18,26)(H,20,27,28). The van der Waals surface area contributed by atoms with Gasteiger partial charge in [-0.15, -0.1) is 10.2 Å². The van der Waals surface area contributed by atoms with E-state index < -0.39 is 11.2 Å². The van der Waals surface area contributed by atoms with Gasteiger partial charge in [0.2, 0.25) is 5.91 Å². The first kappa shape index (κ1) is 18.3. The van der Waals surface area contributed by atoms with Crippen molar-refractivity contribution in [3.05, 3.63) is 63.1 Å². The number of nitrogens with zero attached hydrogens (tertiary/aromatic N) is 6. The van der Waals surface area contributed by atoms with Gasteiger partial charge >= 0.3 is 5.69 Å². The van der Waals surface area contributed by atoms with Gasteiger partial charge < -0.3 is 14.4 Å². The van der Waals surface area contributed by atoms with E-state index in [-0.39, 0.29) is 25.4 Å². The van der Waals surface area contributed by atoms with Gasteiger partial charge in [0.25, 0.3) is 11.4 Å². The molecular weight excluding hydrogens is 380 g/mol. The number of nitrogens with one attached hydrogen (secondary N) is 2. The molecule has 4 heterocycles. The Balaban J connectivity index is 1.39. The molecule has 0 saturated carbocycles. The van der Waals surface area contributed by atoms with Crippen LogP contribution in [-0.2, 0) is 17.9 Å². The van der Waals surface area contributed by atoms with Crippen LogP contribution in [0.15, 0.2) is 44.7 Å². The molecule has 4 aromatic heterocycles. The van der Waals surface area contributed by atoms with E-state index in [0.29, 0.717) is 28.8 Å². The van der Waals surface area contributed by atoms with Crippen molar-refractivity contribution in [2.45, 2.75) is 26.4 Å². The molecule has 0 bridgehead atoms. The number of carbonyl (C=O) groups excluding carboxylic acids is 1. The summed E-state index contributed by atoms with van der Waals surface area (Å²) < 4.78 is 8.14. The average molecular weight is 396 g/mol. The summed E-state index contributed by atoms with van der Waals surface area (Å²) in [6, 6.07) is 4.77. The van der Waals surface area contributed by atoms with Gasteiger partial charge in [-0.1, -0.05) is 5.16 Å². The topological polar surface area (TPSA) is 153 Å². The van der Waals surface area contributed by atoms with Crippen molar-refractivity contribution >= 4 is 11.6 Å². The zero-order chi connectivity index (χ0) is 20.4. The lowest BCUT2D eigenvalue weighted by molar-refractivity contribution is -0.121. The van der Waals surface area contributed by atoms with Crippen LogP contribution in [0.3, 0.4) is 0 Å². The molecule has 0 atom stereocenters. The lowest BCUT2D eigenvalue weighted by Crippen LogP contribution is -2.31. The molecule has 0 aromatic carbocycles. The second kappa shape index (κ2) is 7.50. The Bertz CT molecular complexity index is 1300. The lowest BCUT2D eigenvalue weighted by atomic mass is 10.2. The van der Waals surface area contributed by atoms with Crippen molar-refractivity contribution in [2.24, 2.45) is 0 Å². The van der Waals surface area contributed by atoms with Crippen LogP contribution in [0.1, 0.15) is 18.1 Å². The summed E-state index contributed by atoms with van der Waals surface area (Å²) in [5.74, 6) is 1.20. The smallest absolute Gasteiger partial charge is 0.328 e. The van der Waals surface area contributed by atoms with Crippen molar-refractivity contribution in [2.75, 3.05) is 0 Å². The molecule has 12 heteroatoms. The van der Waals surface area contributed by atoms with Gasteiger partial charge in [-0.25, -0.2) is 4.79 Å². The lowest BCUT2D eigenvalue weighted by Gasteiger charge is -2.06. The third-order valence-corrected chi connectivity index (χ3v) is 4.18. The number of aromatic amines is 1. The molecule has 148 valence electrons. The fraction of sp³-hybridized carbons (Fsp3) is 0.235. The molecule has 2 N–H and O–H groups in total. The number of aromatic nitrogens is 7. The predicted octanol–water partition coefficient (Wildman–Crippen LogP) is -0.356. The zero-order valence-corrected chi connectivity index (χ0v) is 15.3. The first-order chi connectivity index (χ1) is 14.0. The van der Waals surface area contributed by atoms with E-state index in [2.05, 4.69) is 30.6 Å². The Labute approximate surface area is 162 Å². The number of carbonyl (C=O) groups is 1. The van der Waals surface area contributed by atoms with Crippen LogP contribution in [0, 0.1) is 6.92 Å². The van der Waals surface area contributed by atoms with Gasteiger partial charge in [-0.2, -0.15) is 4.98 Å². The molecule has 0 fully saturated rings. The minimum absolute atomic E-state index is 0.0728. The molecule has 0 aliphatic heterocycles. The van der Waals surface area contributed by atoms with Crippen LogP contribution in [0.4, 0.5) is 0 Å². The molecular formula is C17H16N8O4. The van der Waals surface area contributed by atoms with Gasteiger partial charge in [0.1, 0.15) is 0 Å². The Kier molecular flexibility index (Phi) is 4.73. The Hall–Kier alpha value is -4.09. The third kappa shape index (κ3) is 3.95. The van der Waals surface area contributed by atoms with Gasteiger partial charge in [0.15, 0.2) is 17.3 Å². The fourth-order valence-corrected chi connectivity index (χ4v) is 2.72. The van der Waals surface area contributed by atoms with Crippen LogP contribution in [-0.4, -0.2) is 40.2 Å². The summed E-state index contributed by atoms with van der Waals surface area (Å²) in [6.45, 7) is 2.05. The van der Waals surface area contributed by atoms with E-state index in [1.54, 1.807) is 29.7 Å². The molecule has 0 saturated heterocycles. The van der Waals surface area contributed by atoms with Crippen molar-refractivity contribution < 1.29 is 9.32 Å². The SMILES string of the molecule is Cc1noc(-c2ccn3c(CNC(=O)CCn4ccc(=O)[nH]c4=O)nnc3c2)n1. The largest absolute Gasteiger partial charge is 0.349 e. The number of aryl methyl sites for hydroxylation is 2. The van der Waals surface area contributed by atoms with Crippen molar-refractivity contribution in [1.82, 2.24) is 39.6 Å².